The third-order valence-electron chi connectivity index (χ3n) is 2.33. The van der Waals surface area contributed by atoms with E-state index in [1.54, 1.807) is 0 Å². The highest BCUT2D eigenvalue weighted by Crippen LogP contribution is 2.27. The Hall–Kier alpha value is -1.60. The number of hydrogen-bond donors (Lipinski definition) is 0. The van der Waals surface area contributed by atoms with Gasteiger partial charge < -0.3 is 0 Å². The highest BCUT2D eigenvalue weighted by atomic mass is 35.5. The van der Waals surface area contributed by atoms with Gasteiger partial charge in [-0.2, -0.15) is 0 Å². The second-order valence-corrected chi connectivity index (χ2v) is 3.98. The van der Waals surface area contributed by atoms with Crippen LogP contribution in [0.5, 0.6) is 0 Å². The van der Waals surface area contributed by atoms with Crippen molar-refractivity contribution in [2.45, 2.75) is 6.92 Å². The van der Waals surface area contributed by atoms with Crippen LogP contribution in [0.3, 0.4) is 0 Å². The minimum Gasteiger partial charge on any atom is -0.254 e. The molecule has 0 bridgehead atoms. The number of rotatable bonds is 2. The lowest BCUT2D eigenvalue weighted by Crippen LogP contribution is -1.80. The zero-order valence-corrected chi connectivity index (χ0v) is 9.78. The standard InChI is InChI=1S/C14H12ClN/c1-11-6-5-9-13(15)14(11)16-10-12-7-3-2-4-8-12/h2-10H,1H3. The van der Waals surface area contributed by atoms with E-state index in [1.807, 2.05) is 61.7 Å². The lowest BCUT2D eigenvalue weighted by molar-refractivity contribution is 1.40. The van der Waals surface area contributed by atoms with Crippen LogP contribution in [0.25, 0.3) is 0 Å². The quantitative estimate of drug-likeness (QED) is 0.677. The minimum atomic E-state index is 0.687. The first-order valence-electron chi connectivity index (χ1n) is 5.11. The fourth-order valence-corrected chi connectivity index (χ4v) is 1.74. The van der Waals surface area contributed by atoms with Crippen molar-refractivity contribution in [1.82, 2.24) is 0 Å². The van der Waals surface area contributed by atoms with Crippen molar-refractivity contribution in [1.29, 1.82) is 0 Å². The number of para-hydroxylation sites is 1. The molecule has 80 valence electrons. The highest BCUT2D eigenvalue weighted by Gasteiger charge is 2.00. The third kappa shape index (κ3) is 2.50. The average molecular weight is 230 g/mol. The largest absolute Gasteiger partial charge is 0.254 e. The molecule has 1 nitrogen and oxygen atoms in total. The maximum Gasteiger partial charge on any atom is 0.0845 e. The van der Waals surface area contributed by atoms with Gasteiger partial charge in [-0.1, -0.05) is 54.1 Å². The van der Waals surface area contributed by atoms with Gasteiger partial charge in [0.25, 0.3) is 0 Å². The molecule has 2 aromatic rings. The summed E-state index contributed by atoms with van der Waals surface area (Å²) in [5, 5.41) is 0.687. The Morgan fingerprint density at radius 3 is 2.44 bits per heavy atom. The first-order valence-corrected chi connectivity index (χ1v) is 5.49. The normalized spacial score (nSPS) is 10.9. The molecule has 2 heteroatoms. The molecule has 0 aliphatic rings. The van der Waals surface area contributed by atoms with E-state index in [0.29, 0.717) is 5.02 Å². The van der Waals surface area contributed by atoms with Crippen LogP contribution in [0.2, 0.25) is 5.02 Å². The number of aryl methyl sites for hydroxylation is 1. The summed E-state index contributed by atoms with van der Waals surface area (Å²) in [6.07, 6.45) is 1.83. The van der Waals surface area contributed by atoms with Gasteiger partial charge in [0.2, 0.25) is 0 Å². The number of aliphatic imine (C=N–C) groups is 1. The van der Waals surface area contributed by atoms with Crippen molar-refractivity contribution < 1.29 is 0 Å². The molecular formula is C14H12ClN. The second-order valence-electron chi connectivity index (χ2n) is 3.57. The highest BCUT2D eigenvalue weighted by molar-refractivity contribution is 6.33. The van der Waals surface area contributed by atoms with Crippen LogP contribution in [-0.4, -0.2) is 6.21 Å². The molecule has 0 heterocycles. The molecule has 0 radical (unpaired) electrons. The second kappa shape index (κ2) is 4.95. The molecular weight excluding hydrogens is 218 g/mol. The molecule has 16 heavy (non-hydrogen) atoms. The summed E-state index contributed by atoms with van der Waals surface area (Å²) in [7, 11) is 0. The Kier molecular flexibility index (Phi) is 3.37. The van der Waals surface area contributed by atoms with Crippen LogP contribution in [-0.2, 0) is 0 Å². The van der Waals surface area contributed by atoms with E-state index >= 15 is 0 Å². The van der Waals surface area contributed by atoms with Crippen LogP contribution in [0.1, 0.15) is 11.1 Å². The monoisotopic (exact) mass is 229 g/mol. The van der Waals surface area contributed by atoms with Crippen molar-refractivity contribution in [2.24, 2.45) is 4.99 Å². The third-order valence-corrected chi connectivity index (χ3v) is 2.64. The van der Waals surface area contributed by atoms with Gasteiger partial charge in [-0.05, 0) is 24.1 Å². The van der Waals surface area contributed by atoms with E-state index in [-0.39, 0.29) is 0 Å². The van der Waals surface area contributed by atoms with E-state index < -0.39 is 0 Å². The summed E-state index contributed by atoms with van der Waals surface area (Å²) in [6.45, 7) is 2.00. The maximum absolute atomic E-state index is 6.08. The van der Waals surface area contributed by atoms with Gasteiger partial charge in [-0.3, -0.25) is 4.99 Å². The first kappa shape index (κ1) is 10.9. The zero-order valence-electron chi connectivity index (χ0n) is 9.02. The molecule has 0 aliphatic carbocycles. The van der Waals surface area contributed by atoms with Gasteiger partial charge in [0.05, 0.1) is 10.7 Å². The molecule has 0 unspecified atom stereocenters. The maximum atomic E-state index is 6.08. The molecule has 0 saturated carbocycles. The molecule has 2 aromatic carbocycles. The molecule has 0 aliphatic heterocycles. The van der Waals surface area contributed by atoms with Crippen LogP contribution >= 0.6 is 11.6 Å². The Morgan fingerprint density at radius 2 is 1.75 bits per heavy atom. The number of halogens is 1. The lowest BCUT2D eigenvalue weighted by Gasteiger charge is -2.01. The van der Waals surface area contributed by atoms with Crippen LogP contribution in [0.15, 0.2) is 53.5 Å². The Bertz CT molecular complexity index is 483. The Labute approximate surface area is 100 Å². The van der Waals surface area contributed by atoms with Crippen molar-refractivity contribution in [3.63, 3.8) is 0 Å². The van der Waals surface area contributed by atoms with Gasteiger partial charge in [0.1, 0.15) is 0 Å². The van der Waals surface area contributed by atoms with Crippen LogP contribution in [0.4, 0.5) is 5.69 Å². The van der Waals surface area contributed by atoms with Gasteiger partial charge in [0, 0.05) is 6.21 Å². The summed E-state index contributed by atoms with van der Waals surface area (Å²) in [5.41, 5.74) is 2.99. The van der Waals surface area contributed by atoms with E-state index in [2.05, 4.69) is 4.99 Å². The SMILES string of the molecule is Cc1cccc(Cl)c1N=Cc1ccccc1. The van der Waals surface area contributed by atoms with Gasteiger partial charge in [0.15, 0.2) is 0 Å². The van der Waals surface area contributed by atoms with Crippen LogP contribution in [0, 0.1) is 6.92 Å². The fourth-order valence-electron chi connectivity index (χ4n) is 1.46. The predicted molar refractivity (Wildman–Crippen MR) is 69.9 cm³/mol. The molecule has 0 N–H and O–H groups in total. The molecule has 0 amide bonds. The van der Waals surface area contributed by atoms with Gasteiger partial charge in [-0.25, -0.2) is 0 Å². The average Bonchev–Trinajstić information content (AvgIpc) is 2.30. The van der Waals surface area contributed by atoms with Gasteiger partial charge >= 0.3 is 0 Å². The topological polar surface area (TPSA) is 12.4 Å². The van der Waals surface area contributed by atoms with Crippen LogP contribution < -0.4 is 0 Å². The molecule has 2 rings (SSSR count). The van der Waals surface area contributed by atoms with E-state index in [9.17, 15) is 0 Å². The number of hydrogen-bond acceptors (Lipinski definition) is 1. The van der Waals surface area contributed by atoms with Crippen molar-refractivity contribution in [3.05, 3.63) is 64.7 Å². The minimum absolute atomic E-state index is 0.687. The molecule has 0 aromatic heterocycles. The van der Waals surface area contributed by atoms with Crippen molar-refractivity contribution in [3.8, 4) is 0 Å². The number of benzene rings is 2. The van der Waals surface area contributed by atoms with Crippen molar-refractivity contribution in [2.75, 3.05) is 0 Å². The summed E-state index contributed by atoms with van der Waals surface area (Å²) >= 11 is 6.08. The first-order chi connectivity index (χ1) is 7.77. The molecule has 0 spiro atoms. The number of nitrogens with zero attached hydrogens (tertiary/aromatic N) is 1. The summed E-state index contributed by atoms with van der Waals surface area (Å²) in [5.74, 6) is 0. The van der Waals surface area contributed by atoms with Gasteiger partial charge in [-0.15, -0.1) is 0 Å². The zero-order chi connectivity index (χ0) is 11.4. The molecule has 0 saturated heterocycles. The smallest absolute Gasteiger partial charge is 0.0845 e. The lowest BCUT2D eigenvalue weighted by atomic mass is 10.2. The summed E-state index contributed by atoms with van der Waals surface area (Å²) < 4.78 is 0. The van der Waals surface area contributed by atoms with E-state index in [4.69, 9.17) is 11.6 Å². The summed E-state index contributed by atoms with van der Waals surface area (Å²) in [4.78, 5) is 4.42. The molecule has 0 atom stereocenters. The molecule has 0 fully saturated rings. The van der Waals surface area contributed by atoms with E-state index in [0.717, 1.165) is 16.8 Å². The Balaban J connectivity index is 2.31. The fraction of sp³-hybridized carbons (Fsp3) is 0.0714. The van der Waals surface area contributed by atoms with Crippen molar-refractivity contribution >= 4 is 23.5 Å². The predicted octanol–water partition coefficient (Wildman–Crippen LogP) is 4.40. The Morgan fingerprint density at radius 1 is 1.00 bits per heavy atom. The van der Waals surface area contributed by atoms with E-state index in [1.165, 1.54) is 0 Å². The summed E-state index contributed by atoms with van der Waals surface area (Å²) in [6, 6.07) is 15.8.